The second kappa shape index (κ2) is 4.01. The Morgan fingerprint density at radius 3 is 2.93 bits per heavy atom. The van der Waals surface area contributed by atoms with Crippen LogP contribution in [0.2, 0.25) is 0 Å². The second-order valence-electron chi connectivity index (χ2n) is 3.86. The van der Waals surface area contributed by atoms with E-state index in [-0.39, 0.29) is 0 Å². The van der Waals surface area contributed by atoms with Crippen LogP contribution in [0.1, 0.15) is 24.8 Å². The first-order valence-corrected chi connectivity index (χ1v) is 5.40. The molecule has 0 unspecified atom stereocenters. The molecule has 0 aromatic heterocycles. The summed E-state index contributed by atoms with van der Waals surface area (Å²) in [7, 11) is 0. The van der Waals surface area contributed by atoms with E-state index in [1.807, 2.05) is 0 Å². The van der Waals surface area contributed by atoms with Crippen molar-refractivity contribution < 1.29 is 0 Å². The van der Waals surface area contributed by atoms with Gasteiger partial charge in [0.1, 0.15) is 0 Å². The molecule has 0 saturated heterocycles. The van der Waals surface area contributed by atoms with E-state index in [4.69, 9.17) is 5.73 Å². The van der Waals surface area contributed by atoms with Gasteiger partial charge in [-0.2, -0.15) is 0 Å². The molecule has 0 aliphatic carbocycles. The summed E-state index contributed by atoms with van der Waals surface area (Å²) >= 11 is 0. The number of hydrogen-bond acceptors (Lipinski definition) is 2. The summed E-state index contributed by atoms with van der Waals surface area (Å²) in [6, 6.07) is 8.65. The number of para-hydroxylation sites is 1. The highest BCUT2D eigenvalue weighted by atomic mass is 15.1. The molecule has 0 fully saturated rings. The Morgan fingerprint density at radius 1 is 1.43 bits per heavy atom. The number of nitrogens with zero attached hydrogens (tertiary/aromatic N) is 1. The number of rotatable bonds is 2. The Kier molecular flexibility index (Phi) is 2.73. The lowest BCUT2D eigenvalue weighted by Gasteiger charge is -2.34. The molecule has 1 aliphatic rings. The van der Waals surface area contributed by atoms with Crippen LogP contribution in [0.15, 0.2) is 24.3 Å². The summed E-state index contributed by atoms with van der Waals surface area (Å²) in [6.07, 6.45) is 1.20. The van der Waals surface area contributed by atoms with Crippen LogP contribution in [0.3, 0.4) is 0 Å². The van der Waals surface area contributed by atoms with Gasteiger partial charge >= 0.3 is 0 Å². The maximum Gasteiger partial charge on any atom is 0.0402 e. The van der Waals surface area contributed by atoms with E-state index in [0.29, 0.717) is 5.92 Å². The molecule has 1 heterocycles. The quantitative estimate of drug-likeness (QED) is 0.772. The van der Waals surface area contributed by atoms with Gasteiger partial charge in [0.05, 0.1) is 0 Å². The topological polar surface area (TPSA) is 29.3 Å². The molecule has 1 aromatic carbocycles. The highest BCUT2D eigenvalue weighted by molar-refractivity contribution is 5.57. The fourth-order valence-corrected chi connectivity index (χ4v) is 2.28. The highest BCUT2D eigenvalue weighted by Crippen LogP contribution is 2.33. The number of hydrogen-bond donors (Lipinski definition) is 1. The van der Waals surface area contributed by atoms with Crippen LogP contribution in [-0.4, -0.2) is 19.6 Å². The number of benzene rings is 1. The van der Waals surface area contributed by atoms with Crippen LogP contribution in [0.5, 0.6) is 0 Å². The van der Waals surface area contributed by atoms with Crippen molar-refractivity contribution in [1.29, 1.82) is 0 Å². The fraction of sp³-hybridized carbons (Fsp3) is 0.500. The Balaban J connectivity index is 2.38. The molecule has 2 rings (SSSR count). The van der Waals surface area contributed by atoms with Crippen molar-refractivity contribution in [2.45, 2.75) is 19.3 Å². The minimum atomic E-state index is 0.564. The van der Waals surface area contributed by atoms with E-state index in [2.05, 4.69) is 36.1 Å². The molecule has 76 valence electrons. The molecule has 14 heavy (non-hydrogen) atoms. The summed E-state index contributed by atoms with van der Waals surface area (Å²) in [5, 5.41) is 0. The Bertz CT molecular complexity index is 278. The predicted octanol–water partition coefficient (Wildman–Crippen LogP) is 1.96. The predicted molar refractivity (Wildman–Crippen MR) is 60.7 cm³/mol. The number of anilines is 1. The smallest absolute Gasteiger partial charge is 0.0402 e. The van der Waals surface area contributed by atoms with Crippen LogP contribution in [0.4, 0.5) is 5.69 Å². The van der Waals surface area contributed by atoms with Gasteiger partial charge in [0.15, 0.2) is 0 Å². The summed E-state index contributed by atoms with van der Waals surface area (Å²) in [5.74, 6) is 0.564. The highest BCUT2D eigenvalue weighted by Gasteiger charge is 2.22. The first-order chi connectivity index (χ1) is 6.86. The minimum absolute atomic E-state index is 0.564. The van der Waals surface area contributed by atoms with Gasteiger partial charge in [0.25, 0.3) is 0 Å². The summed E-state index contributed by atoms with van der Waals surface area (Å²) in [6.45, 7) is 5.22. The molecule has 2 heteroatoms. The van der Waals surface area contributed by atoms with Crippen LogP contribution < -0.4 is 10.6 Å². The molecule has 2 nitrogen and oxygen atoms in total. The lowest BCUT2D eigenvalue weighted by molar-refractivity contribution is 0.587. The normalized spacial score (nSPS) is 20.7. The molecule has 0 saturated carbocycles. The molecule has 1 atom stereocenters. The van der Waals surface area contributed by atoms with Crippen LogP contribution in [0.25, 0.3) is 0 Å². The molecule has 0 amide bonds. The Morgan fingerprint density at radius 2 is 2.21 bits per heavy atom. The average molecular weight is 190 g/mol. The van der Waals surface area contributed by atoms with Crippen molar-refractivity contribution in [3.63, 3.8) is 0 Å². The largest absolute Gasteiger partial charge is 0.372 e. The number of nitrogens with two attached hydrogens (primary N) is 1. The van der Waals surface area contributed by atoms with Gasteiger partial charge in [0, 0.05) is 18.8 Å². The van der Waals surface area contributed by atoms with E-state index in [1.165, 1.54) is 17.7 Å². The summed E-state index contributed by atoms with van der Waals surface area (Å²) in [4.78, 5) is 2.43. The van der Waals surface area contributed by atoms with Crippen molar-refractivity contribution in [3.8, 4) is 0 Å². The Hall–Kier alpha value is -1.02. The lowest BCUT2D eigenvalue weighted by Crippen LogP contribution is -2.32. The molecule has 0 bridgehead atoms. The van der Waals surface area contributed by atoms with Gasteiger partial charge in [-0.15, -0.1) is 0 Å². The first-order valence-electron chi connectivity index (χ1n) is 5.40. The zero-order valence-corrected chi connectivity index (χ0v) is 8.74. The zero-order valence-electron chi connectivity index (χ0n) is 8.74. The van der Waals surface area contributed by atoms with Crippen molar-refractivity contribution in [2.24, 2.45) is 5.73 Å². The standard InChI is InChI=1S/C12H18N2/c1-2-14-8-7-10(9-13)11-5-3-4-6-12(11)14/h3-6,10H,2,7-9,13H2,1H3/t10-/m1/s1. The fourth-order valence-electron chi connectivity index (χ4n) is 2.28. The second-order valence-corrected chi connectivity index (χ2v) is 3.86. The van der Waals surface area contributed by atoms with Crippen molar-refractivity contribution in [2.75, 3.05) is 24.5 Å². The van der Waals surface area contributed by atoms with E-state index < -0.39 is 0 Å². The maximum atomic E-state index is 5.79. The van der Waals surface area contributed by atoms with Gasteiger partial charge < -0.3 is 10.6 Å². The van der Waals surface area contributed by atoms with Crippen molar-refractivity contribution >= 4 is 5.69 Å². The molecule has 1 aromatic rings. The van der Waals surface area contributed by atoms with Crippen LogP contribution in [-0.2, 0) is 0 Å². The minimum Gasteiger partial charge on any atom is -0.372 e. The first kappa shape index (κ1) is 9.53. The van der Waals surface area contributed by atoms with Crippen molar-refractivity contribution in [3.05, 3.63) is 29.8 Å². The number of fused-ring (bicyclic) bond motifs is 1. The zero-order chi connectivity index (χ0) is 9.97. The monoisotopic (exact) mass is 190 g/mol. The lowest BCUT2D eigenvalue weighted by atomic mass is 9.90. The van der Waals surface area contributed by atoms with E-state index in [1.54, 1.807) is 0 Å². The third-order valence-corrected chi connectivity index (χ3v) is 3.13. The van der Waals surface area contributed by atoms with Gasteiger partial charge in [0.2, 0.25) is 0 Å². The summed E-state index contributed by atoms with van der Waals surface area (Å²) in [5.41, 5.74) is 8.61. The van der Waals surface area contributed by atoms with Crippen LogP contribution in [0, 0.1) is 0 Å². The van der Waals surface area contributed by atoms with Gasteiger partial charge in [-0.1, -0.05) is 18.2 Å². The third kappa shape index (κ3) is 1.50. The molecule has 1 aliphatic heterocycles. The van der Waals surface area contributed by atoms with E-state index in [9.17, 15) is 0 Å². The molecular weight excluding hydrogens is 172 g/mol. The van der Waals surface area contributed by atoms with E-state index >= 15 is 0 Å². The maximum absolute atomic E-state index is 5.79. The third-order valence-electron chi connectivity index (χ3n) is 3.13. The van der Waals surface area contributed by atoms with Crippen LogP contribution >= 0.6 is 0 Å². The molecule has 0 radical (unpaired) electrons. The van der Waals surface area contributed by atoms with Crippen molar-refractivity contribution in [1.82, 2.24) is 0 Å². The molecule has 2 N–H and O–H groups in total. The van der Waals surface area contributed by atoms with Gasteiger partial charge in [-0.25, -0.2) is 0 Å². The average Bonchev–Trinajstić information content (AvgIpc) is 2.27. The van der Waals surface area contributed by atoms with E-state index in [0.717, 1.165) is 19.6 Å². The molecule has 0 spiro atoms. The Labute approximate surface area is 85.7 Å². The molecular formula is C12H18N2. The van der Waals surface area contributed by atoms with Gasteiger partial charge in [-0.3, -0.25) is 0 Å². The van der Waals surface area contributed by atoms with Gasteiger partial charge in [-0.05, 0) is 37.4 Å². The summed E-state index contributed by atoms with van der Waals surface area (Å²) < 4.78 is 0. The SMILES string of the molecule is CCN1CC[C@H](CN)c2ccccc21.